The van der Waals surface area contributed by atoms with Crippen LogP contribution >= 0.6 is 15.8 Å². The molecule has 0 radical (unpaired) electrons. The average Bonchev–Trinajstić information content (AvgIpc) is 2.55. The van der Waals surface area contributed by atoms with Crippen LogP contribution in [0.5, 0.6) is 0 Å². The van der Waals surface area contributed by atoms with Gasteiger partial charge in [0.05, 0.1) is 0 Å². The molecule has 1 aliphatic heterocycles. The summed E-state index contributed by atoms with van der Waals surface area (Å²) in [7, 11) is -2.92. The standard InChI is InChI=1S/C16H18O4P2/c17-13-15(19)22(12-9-5-2-6-10-12)16(20)14(18)21(13)11-7-3-1-4-8-11/h1-10,13-20H. The fraction of sp³-hybridized carbons (Fsp3) is 0.250. The molecule has 0 aliphatic carbocycles. The highest BCUT2D eigenvalue weighted by atomic mass is 31.1. The van der Waals surface area contributed by atoms with Crippen molar-refractivity contribution >= 4 is 26.5 Å². The van der Waals surface area contributed by atoms with Gasteiger partial charge in [0.15, 0.2) is 0 Å². The van der Waals surface area contributed by atoms with Gasteiger partial charge in [-0.05, 0) is 26.5 Å². The number of benzene rings is 2. The molecule has 0 aromatic heterocycles. The predicted octanol–water partition coefficient (Wildman–Crippen LogP) is 0.888. The smallest absolute Gasteiger partial charge is 0.110 e. The second-order valence-corrected chi connectivity index (χ2v) is 9.92. The minimum atomic E-state index is -1.46. The van der Waals surface area contributed by atoms with E-state index in [2.05, 4.69) is 0 Å². The van der Waals surface area contributed by atoms with Gasteiger partial charge in [-0.25, -0.2) is 0 Å². The topological polar surface area (TPSA) is 80.9 Å². The van der Waals surface area contributed by atoms with Crippen molar-refractivity contribution in [3.8, 4) is 0 Å². The molecule has 1 heterocycles. The zero-order valence-corrected chi connectivity index (χ0v) is 13.6. The molecule has 3 rings (SSSR count). The Hall–Kier alpha value is -0.860. The Morgan fingerprint density at radius 2 is 0.773 bits per heavy atom. The van der Waals surface area contributed by atoms with Gasteiger partial charge in [0.2, 0.25) is 0 Å². The van der Waals surface area contributed by atoms with Gasteiger partial charge in [-0.3, -0.25) is 0 Å². The third kappa shape index (κ3) is 2.83. The van der Waals surface area contributed by atoms with Crippen LogP contribution in [0.25, 0.3) is 0 Å². The maximum Gasteiger partial charge on any atom is 0.110 e. The predicted molar refractivity (Wildman–Crippen MR) is 90.0 cm³/mol. The van der Waals surface area contributed by atoms with Crippen LogP contribution in [0.15, 0.2) is 60.7 Å². The summed E-state index contributed by atoms with van der Waals surface area (Å²) in [6, 6.07) is 18.3. The molecule has 116 valence electrons. The van der Waals surface area contributed by atoms with Gasteiger partial charge in [-0.2, -0.15) is 0 Å². The third-order valence-corrected chi connectivity index (χ3v) is 9.45. The van der Waals surface area contributed by atoms with Crippen LogP contribution < -0.4 is 10.6 Å². The van der Waals surface area contributed by atoms with E-state index in [0.29, 0.717) is 0 Å². The second-order valence-electron chi connectivity index (χ2n) is 5.14. The zero-order valence-electron chi connectivity index (χ0n) is 11.8. The number of aliphatic hydroxyl groups is 4. The van der Waals surface area contributed by atoms with E-state index in [-0.39, 0.29) is 0 Å². The Morgan fingerprint density at radius 3 is 1.05 bits per heavy atom. The Morgan fingerprint density at radius 1 is 0.500 bits per heavy atom. The van der Waals surface area contributed by atoms with Crippen LogP contribution in [-0.4, -0.2) is 43.8 Å². The molecule has 1 fully saturated rings. The zero-order chi connectivity index (χ0) is 15.7. The summed E-state index contributed by atoms with van der Waals surface area (Å²) in [5.74, 6) is -4.21. The Kier molecular flexibility index (Phi) is 4.89. The summed E-state index contributed by atoms with van der Waals surface area (Å²) in [5.41, 5.74) is 0. The Balaban J connectivity index is 1.95. The molecule has 4 nitrogen and oxygen atoms in total. The summed E-state index contributed by atoms with van der Waals surface area (Å²) < 4.78 is 0. The molecule has 1 aliphatic rings. The van der Waals surface area contributed by atoms with E-state index in [0.717, 1.165) is 10.6 Å². The van der Waals surface area contributed by atoms with E-state index in [9.17, 15) is 20.4 Å². The first kappa shape index (κ1) is 16.0. The quantitative estimate of drug-likeness (QED) is 0.614. The largest absolute Gasteiger partial charge is 0.385 e. The van der Waals surface area contributed by atoms with Crippen LogP contribution in [0.2, 0.25) is 0 Å². The van der Waals surface area contributed by atoms with Crippen molar-refractivity contribution in [2.75, 3.05) is 0 Å². The highest BCUT2D eigenvalue weighted by Gasteiger charge is 2.49. The summed E-state index contributed by atoms with van der Waals surface area (Å²) in [4.78, 5) is 0. The molecule has 0 amide bonds. The van der Waals surface area contributed by atoms with Crippen molar-refractivity contribution in [3.05, 3.63) is 60.7 Å². The molecule has 1 saturated heterocycles. The molecule has 0 bridgehead atoms. The average molecular weight is 336 g/mol. The lowest BCUT2D eigenvalue weighted by Crippen LogP contribution is -2.45. The van der Waals surface area contributed by atoms with Crippen LogP contribution in [0.3, 0.4) is 0 Å². The van der Waals surface area contributed by atoms with Crippen molar-refractivity contribution in [1.82, 2.24) is 0 Å². The van der Waals surface area contributed by atoms with Crippen LogP contribution in [0.1, 0.15) is 0 Å². The fourth-order valence-corrected chi connectivity index (χ4v) is 8.45. The number of hydrogen-bond donors (Lipinski definition) is 4. The van der Waals surface area contributed by atoms with Crippen molar-refractivity contribution < 1.29 is 20.4 Å². The van der Waals surface area contributed by atoms with Gasteiger partial charge in [0.25, 0.3) is 0 Å². The molecule has 0 spiro atoms. The van der Waals surface area contributed by atoms with E-state index >= 15 is 0 Å². The first-order valence-electron chi connectivity index (χ1n) is 7.00. The van der Waals surface area contributed by atoms with Gasteiger partial charge in [0, 0.05) is 0 Å². The van der Waals surface area contributed by atoms with Crippen LogP contribution in [-0.2, 0) is 0 Å². The lowest BCUT2D eigenvalue weighted by molar-refractivity contribution is 0.0810. The van der Waals surface area contributed by atoms with Gasteiger partial charge in [0.1, 0.15) is 23.4 Å². The molecule has 4 N–H and O–H groups in total. The summed E-state index contributed by atoms with van der Waals surface area (Å²) >= 11 is 0. The van der Waals surface area contributed by atoms with E-state index in [1.807, 2.05) is 60.7 Å². The molecule has 2 aromatic carbocycles. The van der Waals surface area contributed by atoms with E-state index in [4.69, 9.17) is 0 Å². The number of hydrogen-bond acceptors (Lipinski definition) is 4. The normalized spacial score (nSPS) is 35.3. The van der Waals surface area contributed by atoms with Crippen molar-refractivity contribution in [2.45, 2.75) is 23.4 Å². The number of aliphatic hydroxyl groups excluding tert-OH is 4. The highest BCUT2D eigenvalue weighted by molar-refractivity contribution is 7.74. The molecular formula is C16H18O4P2. The third-order valence-electron chi connectivity index (χ3n) is 3.78. The lowest BCUT2D eigenvalue weighted by Gasteiger charge is -2.44. The van der Waals surface area contributed by atoms with Crippen molar-refractivity contribution in [1.29, 1.82) is 0 Å². The summed E-state index contributed by atoms with van der Waals surface area (Å²) in [6.45, 7) is 0. The molecule has 4 unspecified atom stereocenters. The van der Waals surface area contributed by atoms with Crippen molar-refractivity contribution in [2.24, 2.45) is 0 Å². The van der Waals surface area contributed by atoms with Crippen LogP contribution in [0, 0.1) is 0 Å². The summed E-state index contributed by atoms with van der Waals surface area (Å²) in [5, 5.41) is 43.7. The van der Waals surface area contributed by atoms with Gasteiger partial charge >= 0.3 is 0 Å². The maximum absolute atomic E-state index is 10.5. The maximum atomic E-state index is 10.5. The Bertz CT molecular complexity index is 539. The first-order valence-corrected chi connectivity index (χ1v) is 9.96. The molecule has 22 heavy (non-hydrogen) atoms. The SMILES string of the molecule is OC1C(O)P(c2ccccc2)C(O)C(O)P1c1ccccc1. The van der Waals surface area contributed by atoms with E-state index in [1.54, 1.807) is 0 Å². The molecular weight excluding hydrogens is 318 g/mol. The minimum Gasteiger partial charge on any atom is -0.385 e. The minimum absolute atomic E-state index is 0.776. The van der Waals surface area contributed by atoms with Gasteiger partial charge in [-0.1, -0.05) is 60.7 Å². The highest BCUT2D eigenvalue weighted by Crippen LogP contribution is 2.62. The van der Waals surface area contributed by atoms with Gasteiger partial charge < -0.3 is 20.4 Å². The van der Waals surface area contributed by atoms with Crippen LogP contribution in [0.4, 0.5) is 0 Å². The fourth-order valence-electron chi connectivity index (χ4n) is 2.70. The van der Waals surface area contributed by atoms with Crippen molar-refractivity contribution in [3.63, 3.8) is 0 Å². The van der Waals surface area contributed by atoms with Gasteiger partial charge in [-0.15, -0.1) is 0 Å². The molecule has 4 atom stereocenters. The van der Waals surface area contributed by atoms with E-state index < -0.39 is 39.2 Å². The molecule has 0 saturated carbocycles. The Labute approximate surface area is 131 Å². The monoisotopic (exact) mass is 336 g/mol. The molecule has 2 aromatic rings. The lowest BCUT2D eigenvalue weighted by atomic mass is 10.4. The molecule has 6 heteroatoms. The first-order chi connectivity index (χ1) is 10.6. The van der Waals surface area contributed by atoms with E-state index in [1.165, 1.54) is 0 Å². The summed E-state index contributed by atoms with van der Waals surface area (Å²) in [6.07, 6.45) is 0. The number of rotatable bonds is 2. The second kappa shape index (κ2) is 6.72.